The number of benzene rings is 1. The molecule has 1 aliphatic carbocycles. The standard InChI is InChI=1S/C14H18Cl2N2O.ClH/c15-12-3-1-2-9(13(12)16)6-7-18-14(19)10-4-5-11(17)8-10;/h1-3,10-11H,4-8,17H2,(H,18,19);1H. The number of nitrogens with one attached hydrogen (secondary N) is 1. The fraction of sp³-hybridized carbons (Fsp3) is 0.500. The number of halogens is 3. The maximum atomic E-state index is 11.9. The van der Waals surface area contributed by atoms with Gasteiger partial charge in [0.15, 0.2) is 0 Å². The zero-order chi connectivity index (χ0) is 13.8. The van der Waals surface area contributed by atoms with Crippen LogP contribution in [0, 0.1) is 5.92 Å². The van der Waals surface area contributed by atoms with Gasteiger partial charge < -0.3 is 11.1 Å². The number of carbonyl (C=O) groups is 1. The van der Waals surface area contributed by atoms with Crippen LogP contribution >= 0.6 is 35.6 Å². The summed E-state index contributed by atoms with van der Waals surface area (Å²) in [5, 5.41) is 4.06. The first-order valence-corrected chi connectivity index (χ1v) is 7.29. The number of nitrogens with two attached hydrogens (primary N) is 1. The second-order valence-electron chi connectivity index (χ2n) is 5.02. The van der Waals surface area contributed by atoms with E-state index in [2.05, 4.69) is 5.32 Å². The minimum Gasteiger partial charge on any atom is -0.356 e. The Morgan fingerprint density at radius 1 is 1.35 bits per heavy atom. The predicted octanol–water partition coefficient (Wildman–Crippen LogP) is 3.20. The number of rotatable bonds is 4. The molecule has 0 bridgehead atoms. The molecule has 1 fully saturated rings. The summed E-state index contributed by atoms with van der Waals surface area (Å²) in [4.78, 5) is 11.9. The van der Waals surface area contributed by atoms with Crippen LogP contribution in [0.1, 0.15) is 24.8 Å². The van der Waals surface area contributed by atoms with E-state index in [-0.39, 0.29) is 30.3 Å². The van der Waals surface area contributed by atoms with Crippen LogP contribution in [0.2, 0.25) is 10.0 Å². The van der Waals surface area contributed by atoms with E-state index >= 15 is 0 Å². The van der Waals surface area contributed by atoms with Gasteiger partial charge in [0.1, 0.15) is 0 Å². The molecule has 3 nitrogen and oxygen atoms in total. The van der Waals surface area contributed by atoms with Crippen molar-refractivity contribution in [2.24, 2.45) is 11.7 Å². The van der Waals surface area contributed by atoms with E-state index in [1.807, 2.05) is 12.1 Å². The van der Waals surface area contributed by atoms with Crippen LogP contribution < -0.4 is 11.1 Å². The van der Waals surface area contributed by atoms with E-state index in [9.17, 15) is 4.79 Å². The second kappa shape index (κ2) is 8.08. The van der Waals surface area contributed by atoms with Crippen LogP contribution in [-0.4, -0.2) is 18.5 Å². The molecule has 3 N–H and O–H groups in total. The van der Waals surface area contributed by atoms with E-state index < -0.39 is 0 Å². The summed E-state index contributed by atoms with van der Waals surface area (Å²) in [5.74, 6) is 0.177. The highest BCUT2D eigenvalue weighted by Gasteiger charge is 2.27. The summed E-state index contributed by atoms with van der Waals surface area (Å²) in [7, 11) is 0. The molecule has 0 heterocycles. The van der Waals surface area contributed by atoms with Crippen molar-refractivity contribution in [1.29, 1.82) is 0 Å². The van der Waals surface area contributed by atoms with Gasteiger partial charge in [-0.25, -0.2) is 0 Å². The molecule has 1 aromatic rings. The third kappa shape index (κ3) is 4.52. The summed E-state index contributed by atoms with van der Waals surface area (Å²) in [5.41, 5.74) is 6.76. The number of amides is 1. The number of hydrogen-bond acceptors (Lipinski definition) is 2. The molecule has 0 saturated heterocycles. The van der Waals surface area contributed by atoms with Crippen molar-refractivity contribution in [1.82, 2.24) is 5.32 Å². The van der Waals surface area contributed by atoms with E-state index in [1.54, 1.807) is 6.07 Å². The van der Waals surface area contributed by atoms with Crippen molar-refractivity contribution in [2.45, 2.75) is 31.7 Å². The molecule has 0 aliphatic heterocycles. The average Bonchev–Trinajstić information content (AvgIpc) is 2.81. The molecular weight excluding hydrogens is 319 g/mol. The predicted molar refractivity (Wildman–Crippen MR) is 85.7 cm³/mol. The van der Waals surface area contributed by atoms with Gasteiger partial charge in [0.25, 0.3) is 0 Å². The smallest absolute Gasteiger partial charge is 0.223 e. The molecule has 112 valence electrons. The van der Waals surface area contributed by atoms with Crippen LogP contribution in [-0.2, 0) is 11.2 Å². The van der Waals surface area contributed by atoms with Gasteiger partial charge in [-0.3, -0.25) is 4.79 Å². The summed E-state index contributed by atoms with van der Waals surface area (Å²) in [6, 6.07) is 5.72. The maximum absolute atomic E-state index is 11.9. The van der Waals surface area contributed by atoms with Gasteiger partial charge >= 0.3 is 0 Å². The molecule has 1 amide bonds. The van der Waals surface area contributed by atoms with Crippen molar-refractivity contribution < 1.29 is 4.79 Å². The third-order valence-corrected chi connectivity index (χ3v) is 4.43. The monoisotopic (exact) mass is 336 g/mol. The largest absolute Gasteiger partial charge is 0.356 e. The number of hydrogen-bond donors (Lipinski definition) is 2. The molecule has 2 atom stereocenters. The molecule has 6 heteroatoms. The van der Waals surface area contributed by atoms with E-state index in [1.165, 1.54) is 0 Å². The highest BCUT2D eigenvalue weighted by atomic mass is 35.5. The fourth-order valence-corrected chi connectivity index (χ4v) is 2.88. The second-order valence-corrected chi connectivity index (χ2v) is 5.81. The maximum Gasteiger partial charge on any atom is 0.223 e. The van der Waals surface area contributed by atoms with Gasteiger partial charge in [-0.15, -0.1) is 12.4 Å². The van der Waals surface area contributed by atoms with Crippen LogP contribution in [0.5, 0.6) is 0 Å². The Morgan fingerprint density at radius 3 is 2.75 bits per heavy atom. The lowest BCUT2D eigenvalue weighted by Gasteiger charge is -2.11. The topological polar surface area (TPSA) is 55.1 Å². The minimum absolute atomic E-state index is 0. The molecule has 2 unspecified atom stereocenters. The van der Waals surface area contributed by atoms with Crippen LogP contribution in [0.25, 0.3) is 0 Å². The molecule has 1 aromatic carbocycles. The highest BCUT2D eigenvalue weighted by Crippen LogP contribution is 2.26. The first-order valence-electron chi connectivity index (χ1n) is 6.54. The van der Waals surface area contributed by atoms with Crippen molar-refractivity contribution >= 4 is 41.5 Å². The van der Waals surface area contributed by atoms with Crippen LogP contribution in [0.15, 0.2) is 18.2 Å². The van der Waals surface area contributed by atoms with E-state index in [0.29, 0.717) is 23.0 Å². The molecule has 0 radical (unpaired) electrons. The Kier molecular flexibility index (Phi) is 7.10. The summed E-state index contributed by atoms with van der Waals surface area (Å²) < 4.78 is 0. The van der Waals surface area contributed by atoms with E-state index in [0.717, 1.165) is 24.8 Å². The molecule has 0 spiro atoms. The van der Waals surface area contributed by atoms with E-state index in [4.69, 9.17) is 28.9 Å². The zero-order valence-corrected chi connectivity index (χ0v) is 13.4. The molecule has 0 aromatic heterocycles. The lowest BCUT2D eigenvalue weighted by Crippen LogP contribution is -2.31. The van der Waals surface area contributed by atoms with Gasteiger partial charge in [0.2, 0.25) is 5.91 Å². The molecule has 1 aliphatic rings. The quantitative estimate of drug-likeness (QED) is 0.886. The molecule has 20 heavy (non-hydrogen) atoms. The first-order chi connectivity index (χ1) is 9.08. The third-order valence-electron chi connectivity index (χ3n) is 3.57. The Labute approximate surface area is 135 Å². The molecular formula is C14H19Cl3N2O. The minimum atomic E-state index is 0. The van der Waals surface area contributed by atoms with Gasteiger partial charge in [0.05, 0.1) is 10.0 Å². The van der Waals surface area contributed by atoms with Crippen molar-refractivity contribution in [3.05, 3.63) is 33.8 Å². The summed E-state index contributed by atoms with van der Waals surface area (Å²) in [6.07, 6.45) is 3.32. The first kappa shape index (κ1) is 17.6. The molecule has 2 rings (SSSR count). The van der Waals surface area contributed by atoms with Crippen molar-refractivity contribution in [2.75, 3.05) is 6.54 Å². The Morgan fingerprint density at radius 2 is 2.10 bits per heavy atom. The Balaban J connectivity index is 0.00000200. The lowest BCUT2D eigenvalue weighted by molar-refractivity contribution is -0.124. The lowest BCUT2D eigenvalue weighted by atomic mass is 10.1. The van der Waals surface area contributed by atoms with Gasteiger partial charge in [-0.1, -0.05) is 35.3 Å². The van der Waals surface area contributed by atoms with Crippen molar-refractivity contribution in [3.63, 3.8) is 0 Å². The Bertz CT molecular complexity index is 468. The normalized spacial score (nSPS) is 21.4. The zero-order valence-electron chi connectivity index (χ0n) is 11.1. The van der Waals surface area contributed by atoms with Crippen molar-refractivity contribution in [3.8, 4) is 0 Å². The summed E-state index contributed by atoms with van der Waals surface area (Å²) >= 11 is 12.0. The van der Waals surface area contributed by atoms with Gasteiger partial charge in [0, 0.05) is 18.5 Å². The Hall–Kier alpha value is -0.480. The summed E-state index contributed by atoms with van der Waals surface area (Å²) in [6.45, 7) is 0.574. The van der Waals surface area contributed by atoms with Gasteiger partial charge in [-0.05, 0) is 37.3 Å². The fourth-order valence-electron chi connectivity index (χ4n) is 2.46. The molecule has 1 saturated carbocycles. The SMILES string of the molecule is Cl.NC1CCC(C(=O)NCCc2cccc(Cl)c2Cl)C1. The average molecular weight is 338 g/mol. The van der Waals surface area contributed by atoms with Crippen LogP contribution in [0.4, 0.5) is 0 Å². The highest BCUT2D eigenvalue weighted by molar-refractivity contribution is 6.42. The van der Waals surface area contributed by atoms with Crippen LogP contribution in [0.3, 0.4) is 0 Å². The number of carbonyl (C=O) groups excluding carboxylic acids is 1. The van der Waals surface area contributed by atoms with Gasteiger partial charge in [-0.2, -0.15) is 0 Å².